The molecule has 0 saturated carbocycles. The zero-order valence-corrected chi connectivity index (χ0v) is 13.5. The van der Waals surface area contributed by atoms with Crippen LogP contribution in [0.2, 0.25) is 0 Å². The number of carbonyl (C=O) groups excluding carboxylic acids is 2. The first-order chi connectivity index (χ1) is 11.1. The number of ether oxygens (including phenoxy) is 3. The van der Waals surface area contributed by atoms with Gasteiger partial charge in [-0.15, -0.1) is 0 Å². The Morgan fingerprint density at radius 2 is 1.78 bits per heavy atom. The molecule has 0 amide bonds. The van der Waals surface area contributed by atoms with E-state index in [2.05, 4.69) is 0 Å². The van der Waals surface area contributed by atoms with Crippen LogP contribution < -0.4 is 4.74 Å². The molecule has 0 aliphatic heterocycles. The second-order valence-corrected chi connectivity index (χ2v) is 4.86. The predicted molar refractivity (Wildman–Crippen MR) is 85.9 cm³/mol. The van der Waals surface area contributed by atoms with Crippen LogP contribution in [0, 0.1) is 0 Å². The molecule has 2 aliphatic carbocycles. The van der Waals surface area contributed by atoms with Crippen molar-refractivity contribution < 1.29 is 23.8 Å². The topological polar surface area (TPSA) is 61.8 Å². The van der Waals surface area contributed by atoms with Gasteiger partial charge in [-0.05, 0) is 31.5 Å². The van der Waals surface area contributed by atoms with Crippen LogP contribution in [0.25, 0.3) is 11.1 Å². The Kier molecular flexibility index (Phi) is 5.57. The van der Waals surface area contributed by atoms with Crippen molar-refractivity contribution in [3.63, 3.8) is 0 Å². The number of hydrogen-bond acceptors (Lipinski definition) is 5. The highest BCUT2D eigenvalue weighted by Crippen LogP contribution is 2.38. The van der Waals surface area contributed by atoms with E-state index in [4.69, 9.17) is 14.2 Å². The van der Waals surface area contributed by atoms with Crippen LogP contribution in [0.1, 0.15) is 29.8 Å². The molecule has 2 rings (SSSR count). The molecule has 5 nitrogen and oxygen atoms in total. The summed E-state index contributed by atoms with van der Waals surface area (Å²) in [5.74, 6) is -0.197. The van der Waals surface area contributed by atoms with Crippen molar-refractivity contribution in [1.29, 1.82) is 0 Å². The Hall–Kier alpha value is -2.56. The van der Waals surface area contributed by atoms with Gasteiger partial charge in [0.15, 0.2) is 0 Å². The first-order valence-corrected chi connectivity index (χ1v) is 7.53. The summed E-state index contributed by atoms with van der Waals surface area (Å²) in [6.45, 7) is 4.41. The Labute approximate surface area is 135 Å². The van der Waals surface area contributed by atoms with E-state index in [1.54, 1.807) is 13.0 Å². The van der Waals surface area contributed by atoms with Gasteiger partial charge in [0.05, 0.1) is 32.3 Å². The van der Waals surface area contributed by atoms with Gasteiger partial charge in [0.2, 0.25) is 0 Å². The summed E-state index contributed by atoms with van der Waals surface area (Å²) < 4.78 is 15.5. The van der Waals surface area contributed by atoms with Gasteiger partial charge in [-0.25, -0.2) is 4.79 Å². The SMILES string of the molecule is CCOC(=O)c1c(CC(=O)OC)cc2c(OCC)ccccc1-2. The summed E-state index contributed by atoms with van der Waals surface area (Å²) in [6.07, 6.45) is 0.00854. The van der Waals surface area contributed by atoms with Gasteiger partial charge in [-0.3, -0.25) is 4.79 Å². The maximum atomic E-state index is 12.4. The lowest BCUT2D eigenvalue weighted by Crippen LogP contribution is -2.11. The second-order valence-electron chi connectivity index (χ2n) is 4.86. The molecule has 5 heteroatoms. The molecule has 0 radical (unpaired) electrons. The van der Waals surface area contributed by atoms with Gasteiger partial charge in [0, 0.05) is 11.1 Å². The largest absolute Gasteiger partial charge is 0.493 e. The van der Waals surface area contributed by atoms with Gasteiger partial charge in [0.1, 0.15) is 5.75 Å². The lowest BCUT2D eigenvalue weighted by molar-refractivity contribution is -0.139. The monoisotopic (exact) mass is 316 g/mol. The van der Waals surface area contributed by atoms with Crippen molar-refractivity contribution in [2.45, 2.75) is 20.3 Å². The van der Waals surface area contributed by atoms with Crippen molar-refractivity contribution >= 4 is 11.9 Å². The molecule has 0 N–H and O–H groups in total. The fraction of sp³-hybridized carbons (Fsp3) is 0.333. The minimum absolute atomic E-state index is 0.00854. The first-order valence-electron chi connectivity index (χ1n) is 7.53. The Morgan fingerprint density at radius 3 is 2.43 bits per heavy atom. The Balaban J connectivity index is 2.62. The quantitative estimate of drug-likeness (QED) is 0.766. The maximum Gasteiger partial charge on any atom is 0.339 e. The molecule has 0 atom stereocenters. The zero-order valence-electron chi connectivity index (χ0n) is 13.5. The van der Waals surface area contributed by atoms with E-state index in [1.807, 2.05) is 31.2 Å². The standard InChI is InChI=1S/C18H20O5/c1-4-22-15-9-7-6-8-13-14(15)10-12(11-16(19)21-3)17(13)18(20)23-5-2/h6-10H,4-5,11H2,1-3H3. The number of fused-ring (bicyclic) bond motifs is 1. The molecule has 0 saturated heterocycles. The van der Waals surface area contributed by atoms with Gasteiger partial charge in [-0.2, -0.15) is 0 Å². The van der Waals surface area contributed by atoms with E-state index in [9.17, 15) is 9.59 Å². The third kappa shape index (κ3) is 3.62. The van der Waals surface area contributed by atoms with Gasteiger partial charge in [-0.1, -0.05) is 18.2 Å². The smallest absolute Gasteiger partial charge is 0.339 e. The van der Waals surface area contributed by atoms with Crippen molar-refractivity contribution in [3.05, 3.63) is 41.5 Å². The van der Waals surface area contributed by atoms with E-state index in [0.717, 1.165) is 5.56 Å². The molecule has 23 heavy (non-hydrogen) atoms. The average Bonchev–Trinajstić information content (AvgIpc) is 2.77. The number of carbonyl (C=O) groups is 2. The van der Waals surface area contributed by atoms with Crippen LogP contribution in [0.15, 0.2) is 30.3 Å². The van der Waals surface area contributed by atoms with E-state index in [-0.39, 0.29) is 13.0 Å². The minimum atomic E-state index is -0.449. The van der Waals surface area contributed by atoms with E-state index < -0.39 is 11.9 Å². The molecule has 0 aromatic rings. The highest BCUT2D eigenvalue weighted by molar-refractivity contribution is 6.03. The molecule has 0 aromatic carbocycles. The molecule has 0 fully saturated rings. The summed E-state index contributed by atoms with van der Waals surface area (Å²) in [5.41, 5.74) is 2.46. The average molecular weight is 316 g/mol. The van der Waals surface area contributed by atoms with Crippen LogP contribution in [0.5, 0.6) is 5.75 Å². The summed E-state index contributed by atoms with van der Waals surface area (Å²) >= 11 is 0. The van der Waals surface area contributed by atoms with Crippen molar-refractivity contribution in [3.8, 4) is 16.9 Å². The third-order valence-corrected chi connectivity index (χ3v) is 3.43. The molecule has 122 valence electrons. The number of rotatable bonds is 6. The van der Waals surface area contributed by atoms with Crippen LogP contribution in [-0.2, 0) is 20.7 Å². The van der Waals surface area contributed by atoms with Crippen molar-refractivity contribution in [2.24, 2.45) is 0 Å². The van der Waals surface area contributed by atoms with Gasteiger partial charge >= 0.3 is 11.9 Å². The van der Waals surface area contributed by atoms with E-state index in [0.29, 0.717) is 29.0 Å². The third-order valence-electron chi connectivity index (χ3n) is 3.43. The molecule has 0 spiro atoms. The molecule has 0 unspecified atom stereocenters. The zero-order chi connectivity index (χ0) is 16.8. The van der Waals surface area contributed by atoms with E-state index in [1.165, 1.54) is 7.11 Å². The van der Waals surface area contributed by atoms with Crippen LogP contribution in [-0.4, -0.2) is 32.3 Å². The van der Waals surface area contributed by atoms with Crippen LogP contribution in [0.4, 0.5) is 0 Å². The minimum Gasteiger partial charge on any atom is -0.493 e. The van der Waals surface area contributed by atoms with Gasteiger partial charge < -0.3 is 14.2 Å². The van der Waals surface area contributed by atoms with Gasteiger partial charge in [0.25, 0.3) is 0 Å². The highest BCUT2D eigenvalue weighted by atomic mass is 16.5. The van der Waals surface area contributed by atoms with Crippen molar-refractivity contribution in [2.75, 3.05) is 20.3 Å². The fourth-order valence-corrected chi connectivity index (χ4v) is 2.49. The highest BCUT2D eigenvalue weighted by Gasteiger charge is 2.26. The lowest BCUT2D eigenvalue weighted by atomic mass is 10.1. The number of methoxy groups -OCH3 is 1. The number of hydrogen-bond donors (Lipinski definition) is 0. The molecular formula is C18H20O5. The predicted octanol–water partition coefficient (Wildman–Crippen LogP) is 3.08. The maximum absolute atomic E-state index is 12.4. The van der Waals surface area contributed by atoms with Crippen molar-refractivity contribution in [1.82, 2.24) is 0 Å². The number of esters is 2. The Bertz CT molecular complexity index is 677. The molecule has 0 aromatic heterocycles. The summed E-state index contributed by atoms with van der Waals surface area (Å²) in [4.78, 5) is 24.0. The normalized spacial score (nSPS) is 10.4. The summed E-state index contributed by atoms with van der Waals surface area (Å²) in [6, 6.07) is 9.13. The lowest BCUT2D eigenvalue weighted by Gasteiger charge is -2.07. The molecule has 2 aliphatic rings. The fourth-order valence-electron chi connectivity index (χ4n) is 2.49. The van der Waals surface area contributed by atoms with E-state index >= 15 is 0 Å². The van der Waals surface area contributed by atoms with Crippen LogP contribution >= 0.6 is 0 Å². The molecular weight excluding hydrogens is 296 g/mol. The molecule has 0 bridgehead atoms. The first kappa shape index (κ1) is 16.8. The Morgan fingerprint density at radius 1 is 1.04 bits per heavy atom. The second kappa shape index (κ2) is 7.63. The van der Waals surface area contributed by atoms with Crippen LogP contribution in [0.3, 0.4) is 0 Å². The molecule has 0 heterocycles. The summed E-state index contributed by atoms with van der Waals surface area (Å²) in [5, 5.41) is 0. The summed E-state index contributed by atoms with van der Waals surface area (Å²) in [7, 11) is 1.32.